The molecule has 0 unspecified atom stereocenters. The molecule has 8 nitrogen and oxygen atoms in total. The number of hydrogen-bond donors (Lipinski definition) is 1. The predicted octanol–water partition coefficient (Wildman–Crippen LogP) is 3.82. The van der Waals surface area contributed by atoms with Gasteiger partial charge in [-0.2, -0.15) is 5.10 Å². The highest BCUT2D eigenvalue weighted by atomic mass is 16.5. The Morgan fingerprint density at radius 3 is 2.33 bits per heavy atom. The number of benzene rings is 3. The van der Waals surface area contributed by atoms with E-state index < -0.39 is 0 Å². The van der Waals surface area contributed by atoms with Gasteiger partial charge in [0, 0.05) is 18.2 Å². The first-order valence-electron chi connectivity index (χ1n) is 11.4. The molecule has 0 aliphatic rings. The zero-order valence-electron chi connectivity index (χ0n) is 20.1. The number of carbonyl (C=O) groups excluding carboxylic acids is 1. The van der Waals surface area contributed by atoms with Crippen molar-refractivity contribution in [2.45, 2.75) is 19.7 Å². The Morgan fingerprint density at radius 2 is 1.61 bits per heavy atom. The summed E-state index contributed by atoms with van der Waals surface area (Å²) in [5.41, 5.74) is 2.76. The lowest BCUT2D eigenvalue weighted by Crippen LogP contribution is -2.33. The maximum absolute atomic E-state index is 12.6. The molecule has 0 aliphatic carbocycles. The molecule has 1 N–H and O–H groups in total. The summed E-state index contributed by atoms with van der Waals surface area (Å²) in [5.74, 6) is 1.62. The van der Waals surface area contributed by atoms with Gasteiger partial charge >= 0.3 is 0 Å². The quantitative estimate of drug-likeness (QED) is 0.367. The Morgan fingerprint density at radius 1 is 0.861 bits per heavy atom. The molecular formula is C28H27N3O5. The van der Waals surface area contributed by atoms with E-state index in [9.17, 15) is 9.59 Å². The number of aromatic nitrogens is 2. The van der Waals surface area contributed by atoms with E-state index in [4.69, 9.17) is 14.2 Å². The molecule has 1 aromatic heterocycles. The standard InChI is InChI=1S/C28H27N3O5/c1-34-23-12-14-26(35-2)24(16-23)25-13-15-28(33)31(30-25)18-27(32)29-17-20-8-10-22(11-9-20)36-19-21-6-4-3-5-7-21/h3-16H,17-19H2,1-2H3,(H,29,32). The molecule has 0 aliphatic heterocycles. The van der Waals surface area contributed by atoms with Gasteiger partial charge < -0.3 is 19.5 Å². The Bertz CT molecular complexity index is 1370. The van der Waals surface area contributed by atoms with E-state index in [0.29, 0.717) is 35.9 Å². The normalized spacial score (nSPS) is 10.5. The highest BCUT2D eigenvalue weighted by Gasteiger charge is 2.12. The van der Waals surface area contributed by atoms with E-state index in [0.717, 1.165) is 21.6 Å². The summed E-state index contributed by atoms with van der Waals surface area (Å²) in [5, 5.41) is 7.20. The molecule has 1 amide bonds. The van der Waals surface area contributed by atoms with Crippen LogP contribution in [0.15, 0.2) is 89.7 Å². The average molecular weight is 486 g/mol. The van der Waals surface area contributed by atoms with Crippen LogP contribution in [0.2, 0.25) is 0 Å². The molecule has 0 spiro atoms. The third kappa shape index (κ3) is 6.29. The fraction of sp³-hybridized carbons (Fsp3) is 0.179. The van der Waals surface area contributed by atoms with E-state index in [1.807, 2.05) is 54.6 Å². The Labute approximate surface area is 209 Å². The third-order valence-electron chi connectivity index (χ3n) is 5.50. The topological polar surface area (TPSA) is 91.7 Å². The molecule has 0 atom stereocenters. The number of rotatable bonds is 10. The number of ether oxygens (including phenoxy) is 3. The van der Waals surface area contributed by atoms with Crippen molar-refractivity contribution in [3.05, 3.63) is 106 Å². The van der Waals surface area contributed by atoms with Gasteiger partial charge in [-0.05, 0) is 47.5 Å². The van der Waals surface area contributed by atoms with Crippen molar-refractivity contribution < 1.29 is 19.0 Å². The SMILES string of the molecule is COc1ccc(OC)c(-c2ccc(=O)n(CC(=O)NCc3ccc(OCc4ccccc4)cc3)n2)c1. The fourth-order valence-electron chi connectivity index (χ4n) is 3.56. The Balaban J connectivity index is 1.36. The van der Waals surface area contributed by atoms with Crippen LogP contribution in [0.3, 0.4) is 0 Å². The first-order chi connectivity index (χ1) is 17.6. The molecular weight excluding hydrogens is 458 g/mol. The fourth-order valence-corrected chi connectivity index (χ4v) is 3.56. The summed E-state index contributed by atoms with van der Waals surface area (Å²) < 4.78 is 17.6. The zero-order chi connectivity index (χ0) is 25.3. The second-order valence-electron chi connectivity index (χ2n) is 7.98. The van der Waals surface area contributed by atoms with Gasteiger partial charge in [0.1, 0.15) is 30.4 Å². The van der Waals surface area contributed by atoms with Gasteiger partial charge in [0.05, 0.1) is 19.9 Å². The minimum atomic E-state index is -0.379. The summed E-state index contributed by atoms with van der Waals surface area (Å²) >= 11 is 0. The number of nitrogens with one attached hydrogen (secondary N) is 1. The van der Waals surface area contributed by atoms with E-state index >= 15 is 0 Å². The van der Waals surface area contributed by atoms with Gasteiger partial charge in [-0.1, -0.05) is 42.5 Å². The lowest BCUT2D eigenvalue weighted by Gasteiger charge is -2.12. The number of carbonyl (C=O) groups is 1. The average Bonchev–Trinajstić information content (AvgIpc) is 2.92. The van der Waals surface area contributed by atoms with Crippen LogP contribution >= 0.6 is 0 Å². The van der Waals surface area contributed by atoms with Crippen molar-refractivity contribution in [2.75, 3.05) is 14.2 Å². The molecule has 0 saturated heterocycles. The van der Waals surface area contributed by atoms with Crippen molar-refractivity contribution in [2.24, 2.45) is 0 Å². The van der Waals surface area contributed by atoms with Crippen LogP contribution < -0.4 is 25.1 Å². The van der Waals surface area contributed by atoms with Gasteiger partial charge in [0.15, 0.2) is 0 Å². The van der Waals surface area contributed by atoms with E-state index in [2.05, 4.69) is 10.4 Å². The third-order valence-corrected chi connectivity index (χ3v) is 5.50. The van der Waals surface area contributed by atoms with Crippen LogP contribution in [-0.2, 0) is 24.5 Å². The highest BCUT2D eigenvalue weighted by Crippen LogP contribution is 2.31. The minimum absolute atomic E-state index is 0.211. The van der Waals surface area contributed by atoms with Gasteiger partial charge in [-0.15, -0.1) is 0 Å². The van der Waals surface area contributed by atoms with Gasteiger partial charge in [-0.25, -0.2) is 4.68 Å². The highest BCUT2D eigenvalue weighted by molar-refractivity contribution is 5.75. The van der Waals surface area contributed by atoms with E-state index in [1.54, 1.807) is 38.5 Å². The van der Waals surface area contributed by atoms with Crippen LogP contribution in [0.5, 0.6) is 17.2 Å². The first kappa shape index (κ1) is 24.5. The van der Waals surface area contributed by atoms with Crippen molar-refractivity contribution in [3.8, 4) is 28.5 Å². The van der Waals surface area contributed by atoms with Crippen LogP contribution in [0.4, 0.5) is 0 Å². The molecule has 0 fully saturated rings. The molecule has 0 saturated carbocycles. The molecule has 36 heavy (non-hydrogen) atoms. The summed E-state index contributed by atoms with van der Waals surface area (Å²) in [6, 6.07) is 25.7. The minimum Gasteiger partial charge on any atom is -0.497 e. The van der Waals surface area contributed by atoms with Gasteiger partial charge in [0.25, 0.3) is 5.56 Å². The molecule has 4 aromatic rings. The van der Waals surface area contributed by atoms with E-state index in [-0.39, 0.29) is 18.0 Å². The van der Waals surface area contributed by atoms with Crippen LogP contribution in [0.1, 0.15) is 11.1 Å². The predicted molar refractivity (Wildman–Crippen MR) is 136 cm³/mol. The Kier molecular flexibility index (Phi) is 7.97. The van der Waals surface area contributed by atoms with Crippen LogP contribution in [0, 0.1) is 0 Å². The smallest absolute Gasteiger partial charge is 0.267 e. The molecule has 0 bridgehead atoms. The maximum atomic E-state index is 12.6. The summed E-state index contributed by atoms with van der Waals surface area (Å²) in [4.78, 5) is 24.9. The van der Waals surface area contributed by atoms with Crippen molar-refractivity contribution >= 4 is 5.91 Å². The molecule has 0 radical (unpaired) electrons. The lowest BCUT2D eigenvalue weighted by molar-refractivity contribution is -0.122. The van der Waals surface area contributed by atoms with Crippen LogP contribution in [0.25, 0.3) is 11.3 Å². The summed E-state index contributed by atoms with van der Waals surface area (Å²) in [6.45, 7) is 0.590. The van der Waals surface area contributed by atoms with Crippen molar-refractivity contribution in [1.29, 1.82) is 0 Å². The largest absolute Gasteiger partial charge is 0.497 e. The Hall–Kier alpha value is -4.59. The number of hydrogen-bond acceptors (Lipinski definition) is 6. The molecule has 1 heterocycles. The van der Waals surface area contributed by atoms with Crippen LogP contribution in [-0.4, -0.2) is 29.9 Å². The number of methoxy groups -OCH3 is 2. The molecule has 8 heteroatoms. The number of amides is 1. The van der Waals surface area contributed by atoms with Crippen molar-refractivity contribution in [3.63, 3.8) is 0 Å². The second kappa shape index (κ2) is 11.7. The number of nitrogens with zero attached hydrogens (tertiary/aromatic N) is 2. The van der Waals surface area contributed by atoms with Gasteiger partial charge in [-0.3, -0.25) is 9.59 Å². The zero-order valence-corrected chi connectivity index (χ0v) is 20.1. The lowest BCUT2D eigenvalue weighted by atomic mass is 10.1. The second-order valence-corrected chi connectivity index (χ2v) is 7.98. The van der Waals surface area contributed by atoms with Gasteiger partial charge in [0.2, 0.25) is 5.91 Å². The summed E-state index contributed by atoms with van der Waals surface area (Å²) in [7, 11) is 3.12. The monoisotopic (exact) mass is 485 g/mol. The summed E-state index contributed by atoms with van der Waals surface area (Å²) in [6.07, 6.45) is 0. The molecule has 4 rings (SSSR count). The first-order valence-corrected chi connectivity index (χ1v) is 11.4. The van der Waals surface area contributed by atoms with Crippen molar-refractivity contribution in [1.82, 2.24) is 15.1 Å². The van der Waals surface area contributed by atoms with E-state index in [1.165, 1.54) is 6.07 Å². The maximum Gasteiger partial charge on any atom is 0.267 e. The molecule has 3 aromatic carbocycles. The molecule has 184 valence electrons.